The van der Waals surface area contributed by atoms with E-state index in [1.54, 1.807) is 0 Å². The van der Waals surface area contributed by atoms with Crippen LogP contribution in [-0.4, -0.2) is 6.04 Å². The maximum atomic E-state index is 6.10. The van der Waals surface area contributed by atoms with Crippen LogP contribution in [0.4, 0.5) is 5.69 Å². The number of unbranched alkanes of at least 4 members (excludes halogenated alkanes) is 3. The lowest BCUT2D eigenvalue weighted by Crippen LogP contribution is -2.15. The first-order valence-corrected chi connectivity index (χ1v) is 7.04. The second kappa shape index (κ2) is 7.60. The summed E-state index contributed by atoms with van der Waals surface area (Å²) in [7, 11) is 0. The van der Waals surface area contributed by atoms with Gasteiger partial charge in [-0.2, -0.15) is 0 Å². The molecule has 0 aliphatic carbocycles. The van der Waals surface area contributed by atoms with Crippen molar-refractivity contribution in [3.63, 3.8) is 0 Å². The van der Waals surface area contributed by atoms with E-state index < -0.39 is 0 Å². The first kappa shape index (κ1) is 14.4. The van der Waals surface area contributed by atoms with E-state index in [1.807, 2.05) is 12.1 Å². The Balaban J connectivity index is 2.39. The van der Waals surface area contributed by atoms with E-state index >= 15 is 0 Å². The van der Waals surface area contributed by atoms with E-state index in [4.69, 9.17) is 11.6 Å². The van der Waals surface area contributed by atoms with Crippen molar-refractivity contribution >= 4 is 17.3 Å². The first-order valence-electron chi connectivity index (χ1n) is 6.66. The van der Waals surface area contributed by atoms with E-state index in [1.165, 1.54) is 37.8 Å². The van der Waals surface area contributed by atoms with Crippen molar-refractivity contribution in [3.8, 4) is 0 Å². The number of hydrogen-bond donors (Lipinski definition) is 1. The third-order valence-corrected chi connectivity index (χ3v) is 3.57. The number of hydrogen-bond acceptors (Lipinski definition) is 1. The lowest BCUT2D eigenvalue weighted by molar-refractivity contribution is 0.594. The van der Waals surface area contributed by atoms with Gasteiger partial charge in [0.25, 0.3) is 0 Å². The Morgan fingerprint density at radius 3 is 2.71 bits per heavy atom. The molecule has 0 aromatic heterocycles. The van der Waals surface area contributed by atoms with Crippen LogP contribution in [0.3, 0.4) is 0 Å². The Labute approximate surface area is 111 Å². The van der Waals surface area contributed by atoms with Crippen LogP contribution in [0.1, 0.15) is 51.5 Å². The van der Waals surface area contributed by atoms with Gasteiger partial charge in [0.05, 0.1) is 0 Å². The number of benzene rings is 1. The molecule has 96 valence electrons. The van der Waals surface area contributed by atoms with Crippen molar-refractivity contribution in [2.24, 2.45) is 0 Å². The molecule has 0 saturated carbocycles. The fourth-order valence-corrected chi connectivity index (χ4v) is 2.15. The summed E-state index contributed by atoms with van der Waals surface area (Å²) in [5, 5.41) is 4.38. The summed E-state index contributed by atoms with van der Waals surface area (Å²) < 4.78 is 0. The minimum Gasteiger partial charge on any atom is -0.382 e. The zero-order chi connectivity index (χ0) is 12.7. The molecule has 0 spiro atoms. The van der Waals surface area contributed by atoms with Gasteiger partial charge < -0.3 is 5.32 Å². The molecule has 1 aromatic rings. The molecule has 17 heavy (non-hydrogen) atoms. The van der Waals surface area contributed by atoms with Gasteiger partial charge in [-0.15, -0.1) is 0 Å². The molecule has 0 amide bonds. The van der Waals surface area contributed by atoms with Crippen molar-refractivity contribution < 1.29 is 0 Å². The highest BCUT2D eigenvalue weighted by atomic mass is 35.5. The van der Waals surface area contributed by atoms with Crippen LogP contribution in [-0.2, 0) is 0 Å². The van der Waals surface area contributed by atoms with E-state index in [0.29, 0.717) is 6.04 Å². The average Bonchev–Trinajstić information content (AvgIpc) is 2.31. The second-order valence-electron chi connectivity index (χ2n) is 4.81. The highest BCUT2D eigenvalue weighted by molar-refractivity contribution is 6.31. The Bertz CT molecular complexity index is 336. The minimum absolute atomic E-state index is 0.518. The van der Waals surface area contributed by atoms with Crippen LogP contribution in [0.15, 0.2) is 18.2 Å². The van der Waals surface area contributed by atoms with Gasteiger partial charge in [0.2, 0.25) is 0 Å². The highest BCUT2D eigenvalue weighted by Gasteiger charge is 2.05. The van der Waals surface area contributed by atoms with Crippen LogP contribution >= 0.6 is 11.6 Å². The zero-order valence-electron chi connectivity index (χ0n) is 11.2. The number of anilines is 1. The Morgan fingerprint density at radius 1 is 1.24 bits per heavy atom. The minimum atomic E-state index is 0.518. The quantitative estimate of drug-likeness (QED) is 0.640. The molecule has 1 unspecified atom stereocenters. The second-order valence-corrected chi connectivity index (χ2v) is 5.21. The fourth-order valence-electron chi connectivity index (χ4n) is 1.98. The average molecular weight is 254 g/mol. The van der Waals surface area contributed by atoms with Gasteiger partial charge in [-0.3, -0.25) is 0 Å². The summed E-state index contributed by atoms with van der Waals surface area (Å²) in [5.41, 5.74) is 2.31. The molecule has 1 N–H and O–H groups in total. The monoisotopic (exact) mass is 253 g/mol. The third kappa shape index (κ3) is 4.99. The first-order chi connectivity index (χ1) is 8.15. The normalized spacial score (nSPS) is 12.5. The van der Waals surface area contributed by atoms with Crippen LogP contribution in [0.25, 0.3) is 0 Å². The summed E-state index contributed by atoms with van der Waals surface area (Å²) in [6, 6.07) is 6.56. The van der Waals surface area contributed by atoms with Crippen LogP contribution < -0.4 is 5.32 Å². The topological polar surface area (TPSA) is 12.0 Å². The summed E-state index contributed by atoms with van der Waals surface area (Å²) >= 11 is 6.10. The molecular formula is C15H24ClN. The molecule has 0 saturated heterocycles. The van der Waals surface area contributed by atoms with Gasteiger partial charge in [0.15, 0.2) is 0 Å². The maximum Gasteiger partial charge on any atom is 0.0455 e. The number of rotatable bonds is 7. The molecule has 1 nitrogen and oxygen atoms in total. The molecule has 0 fully saturated rings. The number of halogens is 1. The van der Waals surface area contributed by atoms with Gasteiger partial charge in [-0.05, 0) is 38.0 Å². The molecule has 0 aliphatic heterocycles. The van der Waals surface area contributed by atoms with Crippen molar-refractivity contribution in [1.82, 2.24) is 0 Å². The predicted octanol–water partition coefficient (Wildman–Crippen LogP) is 5.42. The molecule has 0 heterocycles. The standard InChI is InChI=1S/C15H24ClN/c1-4-5-6-7-9-12(2)17-15-11-8-10-14(16)13(15)3/h8,10-12,17H,4-7,9H2,1-3H3. The van der Waals surface area contributed by atoms with Crippen LogP contribution in [0, 0.1) is 6.92 Å². The van der Waals surface area contributed by atoms with Crippen LogP contribution in [0.2, 0.25) is 5.02 Å². The lowest BCUT2D eigenvalue weighted by atomic mass is 10.1. The fraction of sp³-hybridized carbons (Fsp3) is 0.600. The summed E-state index contributed by atoms with van der Waals surface area (Å²) in [6.07, 6.45) is 6.53. The Hall–Kier alpha value is -0.690. The Kier molecular flexibility index (Phi) is 6.43. The zero-order valence-corrected chi connectivity index (χ0v) is 12.0. The van der Waals surface area contributed by atoms with Gasteiger partial charge in [-0.1, -0.05) is 50.3 Å². The lowest BCUT2D eigenvalue weighted by Gasteiger charge is -2.17. The molecule has 0 bridgehead atoms. The molecule has 2 heteroatoms. The summed E-state index contributed by atoms with van der Waals surface area (Å²) in [6.45, 7) is 6.55. The van der Waals surface area contributed by atoms with Crippen molar-refractivity contribution in [2.45, 2.75) is 58.9 Å². The molecule has 1 atom stereocenters. The van der Waals surface area contributed by atoms with Gasteiger partial charge in [-0.25, -0.2) is 0 Å². The number of nitrogens with one attached hydrogen (secondary N) is 1. The van der Waals surface area contributed by atoms with Crippen LogP contribution in [0.5, 0.6) is 0 Å². The predicted molar refractivity (Wildman–Crippen MR) is 78.0 cm³/mol. The Morgan fingerprint density at radius 2 is 2.00 bits per heavy atom. The van der Waals surface area contributed by atoms with Crippen molar-refractivity contribution in [2.75, 3.05) is 5.32 Å². The SMILES string of the molecule is CCCCCCC(C)Nc1cccc(Cl)c1C. The molecule has 0 aliphatic rings. The molecule has 1 aromatic carbocycles. The van der Waals surface area contributed by atoms with E-state index in [0.717, 1.165) is 10.6 Å². The smallest absolute Gasteiger partial charge is 0.0455 e. The van der Waals surface area contributed by atoms with E-state index in [2.05, 4.69) is 32.2 Å². The summed E-state index contributed by atoms with van der Waals surface area (Å²) in [5.74, 6) is 0. The van der Waals surface area contributed by atoms with Crippen molar-refractivity contribution in [3.05, 3.63) is 28.8 Å². The highest BCUT2D eigenvalue weighted by Crippen LogP contribution is 2.24. The van der Waals surface area contributed by atoms with Crippen molar-refractivity contribution in [1.29, 1.82) is 0 Å². The van der Waals surface area contributed by atoms with E-state index in [-0.39, 0.29) is 0 Å². The third-order valence-electron chi connectivity index (χ3n) is 3.16. The maximum absolute atomic E-state index is 6.10. The molecule has 1 rings (SSSR count). The van der Waals surface area contributed by atoms with E-state index in [9.17, 15) is 0 Å². The van der Waals surface area contributed by atoms with Gasteiger partial charge >= 0.3 is 0 Å². The summed E-state index contributed by atoms with van der Waals surface area (Å²) in [4.78, 5) is 0. The molecule has 0 radical (unpaired) electrons. The van der Waals surface area contributed by atoms with Gasteiger partial charge in [0, 0.05) is 16.8 Å². The largest absolute Gasteiger partial charge is 0.382 e. The molecular weight excluding hydrogens is 230 g/mol. The van der Waals surface area contributed by atoms with Gasteiger partial charge in [0.1, 0.15) is 0 Å².